The van der Waals surface area contributed by atoms with Gasteiger partial charge in [0, 0.05) is 10.7 Å². The van der Waals surface area contributed by atoms with Gasteiger partial charge in [-0.2, -0.15) is 5.26 Å². The van der Waals surface area contributed by atoms with Crippen LogP contribution in [0.1, 0.15) is 16.1 Å². The minimum Gasteiger partial charge on any atom is -0.464 e. The van der Waals surface area contributed by atoms with Crippen molar-refractivity contribution in [2.45, 2.75) is 0 Å². The number of esters is 1. The molecule has 0 aliphatic heterocycles. The quantitative estimate of drug-likeness (QED) is 0.862. The number of anilines is 1. The summed E-state index contributed by atoms with van der Waals surface area (Å²) in [5.74, 6) is -0.588. The minimum atomic E-state index is -0.588. The molecule has 0 bridgehead atoms. The van der Waals surface area contributed by atoms with Crippen LogP contribution >= 0.6 is 15.9 Å². The van der Waals surface area contributed by atoms with Crippen LogP contribution in [0.25, 0.3) is 5.69 Å². The average molecular weight is 320 g/mol. The Labute approximate surface area is 118 Å². The first-order chi connectivity index (χ1) is 9.10. The van der Waals surface area contributed by atoms with Crippen LogP contribution in [0.15, 0.2) is 34.9 Å². The van der Waals surface area contributed by atoms with Crippen LogP contribution in [0.5, 0.6) is 0 Å². The van der Waals surface area contributed by atoms with Crippen molar-refractivity contribution >= 4 is 27.6 Å². The zero-order valence-electron chi connectivity index (χ0n) is 10.1. The Morgan fingerprint density at radius 2 is 2.16 bits per heavy atom. The second-order valence-corrected chi connectivity index (χ2v) is 4.58. The van der Waals surface area contributed by atoms with Crippen LogP contribution in [0.3, 0.4) is 0 Å². The van der Waals surface area contributed by atoms with Gasteiger partial charge in [0.2, 0.25) is 0 Å². The summed E-state index contributed by atoms with van der Waals surface area (Å²) in [6.45, 7) is 0. The molecule has 6 heteroatoms. The lowest BCUT2D eigenvalue weighted by Gasteiger charge is -2.09. The maximum Gasteiger partial charge on any atom is 0.357 e. The average Bonchev–Trinajstić information content (AvgIpc) is 2.75. The molecular formula is C13H10BrN3O2. The normalized spacial score (nSPS) is 9.95. The molecule has 0 fully saturated rings. The first-order valence-corrected chi connectivity index (χ1v) is 6.13. The van der Waals surface area contributed by atoms with Crippen LogP contribution < -0.4 is 5.73 Å². The maximum absolute atomic E-state index is 11.8. The summed E-state index contributed by atoms with van der Waals surface area (Å²) in [6, 6.07) is 9.26. The number of nitrogen functional groups attached to an aromatic ring is 1. The van der Waals surface area contributed by atoms with Gasteiger partial charge in [-0.3, -0.25) is 0 Å². The van der Waals surface area contributed by atoms with E-state index in [-0.39, 0.29) is 16.9 Å². The van der Waals surface area contributed by atoms with Crippen molar-refractivity contribution in [3.8, 4) is 11.8 Å². The number of carbonyl (C=O) groups excluding carboxylic acids is 1. The second-order valence-electron chi connectivity index (χ2n) is 3.73. The SMILES string of the molecule is COC(=O)c1c(N)c(C#N)cn1-c1ccccc1Br. The van der Waals surface area contributed by atoms with E-state index in [1.807, 2.05) is 24.3 Å². The number of nitrogens with zero attached hydrogens (tertiary/aromatic N) is 2. The fourth-order valence-corrected chi connectivity index (χ4v) is 2.23. The summed E-state index contributed by atoms with van der Waals surface area (Å²) in [4.78, 5) is 11.8. The van der Waals surface area contributed by atoms with Crippen molar-refractivity contribution in [1.29, 1.82) is 5.26 Å². The molecule has 0 saturated carbocycles. The highest BCUT2D eigenvalue weighted by Gasteiger charge is 2.22. The van der Waals surface area contributed by atoms with E-state index in [9.17, 15) is 4.79 Å². The van der Waals surface area contributed by atoms with Gasteiger partial charge >= 0.3 is 5.97 Å². The Kier molecular flexibility index (Phi) is 3.58. The van der Waals surface area contributed by atoms with Crippen LogP contribution in [0.2, 0.25) is 0 Å². The first kappa shape index (κ1) is 13.2. The number of para-hydroxylation sites is 1. The summed E-state index contributed by atoms with van der Waals surface area (Å²) in [5, 5.41) is 9.02. The Morgan fingerprint density at radius 3 is 2.74 bits per heavy atom. The molecule has 0 spiro atoms. The number of hydrogen-bond acceptors (Lipinski definition) is 4. The van der Waals surface area contributed by atoms with Gasteiger partial charge in [-0.1, -0.05) is 12.1 Å². The van der Waals surface area contributed by atoms with Crippen molar-refractivity contribution in [3.05, 3.63) is 46.2 Å². The lowest BCUT2D eigenvalue weighted by molar-refractivity contribution is 0.0593. The lowest BCUT2D eigenvalue weighted by atomic mass is 10.2. The Hall–Kier alpha value is -2.26. The van der Waals surface area contributed by atoms with E-state index in [1.165, 1.54) is 13.3 Å². The van der Waals surface area contributed by atoms with E-state index < -0.39 is 5.97 Å². The fraction of sp³-hybridized carbons (Fsp3) is 0.0769. The van der Waals surface area contributed by atoms with Crippen molar-refractivity contribution < 1.29 is 9.53 Å². The van der Waals surface area contributed by atoms with Gasteiger partial charge in [0.15, 0.2) is 5.69 Å². The Bertz CT molecular complexity index is 686. The number of methoxy groups -OCH3 is 1. The van der Waals surface area contributed by atoms with Gasteiger partial charge in [-0.25, -0.2) is 4.79 Å². The van der Waals surface area contributed by atoms with Gasteiger partial charge in [0.25, 0.3) is 0 Å². The number of hydrogen-bond donors (Lipinski definition) is 1. The molecule has 1 aromatic heterocycles. The van der Waals surface area contributed by atoms with E-state index in [0.29, 0.717) is 5.69 Å². The molecule has 0 saturated heterocycles. The number of benzene rings is 1. The molecule has 1 heterocycles. The largest absolute Gasteiger partial charge is 0.464 e. The third-order valence-corrected chi connectivity index (χ3v) is 3.33. The molecule has 19 heavy (non-hydrogen) atoms. The molecule has 0 atom stereocenters. The standard InChI is InChI=1S/C13H10BrN3O2/c1-19-13(18)12-11(16)8(6-15)7-17(12)10-5-3-2-4-9(10)14/h2-5,7H,16H2,1H3. The summed E-state index contributed by atoms with van der Waals surface area (Å²) >= 11 is 3.40. The van der Waals surface area contributed by atoms with Gasteiger partial charge in [0.05, 0.1) is 24.0 Å². The van der Waals surface area contributed by atoms with Crippen molar-refractivity contribution in [2.24, 2.45) is 0 Å². The molecule has 96 valence electrons. The van der Waals surface area contributed by atoms with Gasteiger partial charge < -0.3 is 15.0 Å². The summed E-state index contributed by atoms with van der Waals surface area (Å²) in [5.41, 5.74) is 7.02. The number of carbonyl (C=O) groups is 1. The molecule has 1 aromatic carbocycles. The van der Waals surface area contributed by atoms with Crippen LogP contribution in [-0.4, -0.2) is 17.6 Å². The van der Waals surface area contributed by atoms with E-state index in [2.05, 4.69) is 15.9 Å². The van der Waals surface area contributed by atoms with Crippen LogP contribution in [0.4, 0.5) is 5.69 Å². The van der Waals surface area contributed by atoms with Crippen molar-refractivity contribution in [1.82, 2.24) is 4.57 Å². The highest BCUT2D eigenvalue weighted by atomic mass is 79.9. The van der Waals surface area contributed by atoms with Crippen LogP contribution in [-0.2, 0) is 4.74 Å². The third kappa shape index (κ3) is 2.20. The highest BCUT2D eigenvalue weighted by Crippen LogP contribution is 2.28. The third-order valence-electron chi connectivity index (χ3n) is 2.66. The van der Waals surface area contributed by atoms with Gasteiger partial charge in [-0.05, 0) is 28.1 Å². The van der Waals surface area contributed by atoms with E-state index in [1.54, 1.807) is 10.6 Å². The summed E-state index contributed by atoms with van der Waals surface area (Å²) < 4.78 is 7.04. The number of rotatable bonds is 2. The fourth-order valence-electron chi connectivity index (χ4n) is 1.75. The lowest BCUT2D eigenvalue weighted by Crippen LogP contribution is -2.11. The molecule has 0 radical (unpaired) electrons. The molecule has 0 amide bonds. The van der Waals surface area contributed by atoms with Crippen molar-refractivity contribution in [3.63, 3.8) is 0 Å². The Morgan fingerprint density at radius 1 is 1.47 bits per heavy atom. The Balaban J connectivity index is 2.74. The van der Waals surface area contributed by atoms with E-state index in [0.717, 1.165) is 4.47 Å². The topological polar surface area (TPSA) is 81.0 Å². The number of aromatic nitrogens is 1. The predicted molar refractivity (Wildman–Crippen MR) is 73.9 cm³/mol. The molecule has 0 aliphatic carbocycles. The molecule has 2 aromatic rings. The zero-order valence-corrected chi connectivity index (χ0v) is 11.6. The summed E-state index contributed by atoms with van der Waals surface area (Å²) in [6.07, 6.45) is 1.52. The second kappa shape index (κ2) is 5.16. The minimum absolute atomic E-state index is 0.116. The molecule has 2 N–H and O–H groups in total. The first-order valence-electron chi connectivity index (χ1n) is 5.34. The zero-order chi connectivity index (χ0) is 14.0. The predicted octanol–water partition coefficient (Wildman–Crippen LogP) is 2.48. The molecule has 5 nitrogen and oxygen atoms in total. The molecular weight excluding hydrogens is 310 g/mol. The summed E-state index contributed by atoms with van der Waals surface area (Å²) in [7, 11) is 1.27. The highest BCUT2D eigenvalue weighted by molar-refractivity contribution is 9.10. The molecule has 0 aliphatic rings. The van der Waals surface area contributed by atoms with E-state index >= 15 is 0 Å². The smallest absolute Gasteiger partial charge is 0.357 e. The van der Waals surface area contributed by atoms with Crippen molar-refractivity contribution in [2.75, 3.05) is 12.8 Å². The maximum atomic E-state index is 11.8. The molecule has 2 rings (SSSR count). The van der Waals surface area contributed by atoms with Crippen LogP contribution in [0, 0.1) is 11.3 Å². The monoisotopic (exact) mass is 319 g/mol. The van der Waals surface area contributed by atoms with Gasteiger partial charge in [-0.15, -0.1) is 0 Å². The number of halogens is 1. The van der Waals surface area contributed by atoms with E-state index in [4.69, 9.17) is 15.7 Å². The molecule has 0 unspecified atom stereocenters. The van der Waals surface area contributed by atoms with Gasteiger partial charge in [0.1, 0.15) is 6.07 Å². The number of nitrogens with two attached hydrogens (primary N) is 1. The number of nitriles is 1. The number of ether oxygens (including phenoxy) is 1.